The first kappa shape index (κ1) is 15.9. The molecule has 4 atom stereocenters. The van der Waals surface area contributed by atoms with E-state index in [9.17, 15) is 25.2 Å². The molecule has 0 fully saturated rings. The highest BCUT2D eigenvalue weighted by Gasteiger charge is 2.36. The second-order valence-electron chi connectivity index (χ2n) is 4.49. The molecule has 0 aliphatic rings. The Morgan fingerprint density at radius 3 is 2.48 bits per heavy atom. The summed E-state index contributed by atoms with van der Waals surface area (Å²) in [4.78, 5) is 17.3. The van der Waals surface area contributed by atoms with Gasteiger partial charge >= 0.3 is 5.97 Å². The van der Waals surface area contributed by atoms with Gasteiger partial charge in [-0.15, -0.1) is 0 Å². The summed E-state index contributed by atoms with van der Waals surface area (Å²) in [6, 6.07) is 5.12. The van der Waals surface area contributed by atoms with Gasteiger partial charge in [0.2, 0.25) is 0 Å². The Hall–Kier alpha value is -1.52. The van der Waals surface area contributed by atoms with Gasteiger partial charge in [-0.05, 0) is 18.2 Å². The van der Waals surface area contributed by atoms with Gasteiger partial charge < -0.3 is 30.5 Å². The Morgan fingerprint density at radius 1 is 1.19 bits per heavy atom. The maximum absolute atomic E-state index is 10.6. The van der Waals surface area contributed by atoms with Crippen LogP contribution in [0.25, 0.3) is 11.0 Å². The fourth-order valence-electron chi connectivity index (χ4n) is 1.82. The van der Waals surface area contributed by atoms with E-state index in [-0.39, 0.29) is 5.82 Å². The van der Waals surface area contributed by atoms with Crippen molar-refractivity contribution in [1.29, 1.82) is 0 Å². The fourth-order valence-corrected chi connectivity index (χ4v) is 2.17. The van der Waals surface area contributed by atoms with Gasteiger partial charge in [-0.25, -0.2) is 9.78 Å². The number of aromatic nitrogens is 2. The number of benzene rings is 1. The minimum atomic E-state index is -2.21. The largest absolute Gasteiger partial charge is 0.479 e. The third-order valence-electron chi connectivity index (χ3n) is 2.99. The molecule has 114 valence electrons. The van der Waals surface area contributed by atoms with Crippen LogP contribution in [0, 0.1) is 0 Å². The predicted octanol–water partition coefficient (Wildman–Crippen LogP) is -0.474. The van der Waals surface area contributed by atoms with Crippen LogP contribution in [0.2, 0.25) is 0 Å². The van der Waals surface area contributed by atoms with Gasteiger partial charge in [0.1, 0.15) is 24.1 Å². The van der Waals surface area contributed by atoms with Crippen LogP contribution in [-0.4, -0.2) is 59.8 Å². The molecule has 1 aromatic heterocycles. The van der Waals surface area contributed by atoms with Crippen LogP contribution in [0.4, 0.5) is 0 Å². The second kappa shape index (κ2) is 6.08. The number of imidazole rings is 1. The molecule has 2 aromatic rings. The number of aliphatic hydroxyl groups is 4. The van der Waals surface area contributed by atoms with E-state index in [2.05, 4.69) is 25.9 Å². The van der Waals surface area contributed by atoms with Crippen molar-refractivity contribution in [3.63, 3.8) is 0 Å². The van der Waals surface area contributed by atoms with Crippen LogP contribution in [0.3, 0.4) is 0 Å². The maximum Gasteiger partial charge on any atom is 0.335 e. The van der Waals surface area contributed by atoms with Crippen LogP contribution in [0.5, 0.6) is 0 Å². The van der Waals surface area contributed by atoms with Crippen molar-refractivity contribution < 1.29 is 30.3 Å². The monoisotopic (exact) mass is 360 g/mol. The van der Waals surface area contributed by atoms with Gasteiger partial charge in [0.05, 0.1) is 11.0 Å². The first-order chi connectivity index (χ1) is 9.81. The highest BCUT2D eigenvalue weighted by atomic mass is 79.9. The molecule has 0 aliphatic carbocycles. The van der Waals surface area contributed by atoms with E-state index in [0.29, 0.717) is 11.0 Å². The van der Waals surface area contributed by atoms with Crippen molar-refractivity contribution in [1.82, 2.24) is 9.97 Å². The first-order valence-corrected chi connectivity index (χ1v) is 6.71. The number of hydrogen-bond acceptors (Lipinski definition) is 6. The lowest BCUT2D eigenvalue weighted by Gasteiger charge is -2.23. The number of fused-ring (bicyclic) bond motifs is 1. The van der Waals surface area contributed by atoms with Crippen molar-refractivity contribution in [3.8, 4) is 0 Å². The molecule has 2 unspecified atom stereocenters. The number of nitrogens with one attached hydrogen (secondary N) is 1. The smallest absolute Gasteiger partial charge is 0.335 e. The van der Waals surface area contributed by atoms with Crippen molar-refractivity contribution in [2.45, 2.75) is 24.4 Å². The normalized spacial score (nSPS) is 17.4. The number of carbonyl (C=O) groups is 1. The minimum absolute atomic E-state index is 0.0489. The standard InChI is InChI=1S/C12H13BrN2O6/c13-4-1-2-5-6(3-4)15-11(14-5)9(18)7(16)8(17)10(19)12(20)21/h1-3,7-10,16-19H,(H,14,15)(H,20,21)/t7-,8+,9?,10?/m0/s1. The number of aliphatic carboxylic acids is 1. The quantitative estimate of drug-likeness (QED) is 0.422. The third-order valence-corrected chi connectivity index (χ3v) is 3.49. The summed E-state index contributed by atoms with van der Waals surface area (Å²) in [5.41, 5.74) is 1.10. The number of carboxylic acid groups (broad SMARTS) is 1. The van der Waals surface area contributed by atoms with Gasteiger partial charge in [-0.3, -0.25) is 0 Å². The van der Waals surface area contributed by atoms with E-state index in [4.69, 9.17) is 5.11 Å². The Kier molecular flexibility index (Phi) is 4.59. The molecule has 0 saturated heterocycles. The number of carboxylic acids is 1. The second-order valence-corrected chi connectivity index (χ2v) is 5.41. The van der Waals surface area contributed by atoms with Gasteiger partial charge in [0.15, 0.2) is 6.10 Å². The zero-order valence-electron chi connectivity index (χ0n) is 10.5. The van der Waals surface area contributed by atoms with Crippen LogP contribution in [0.15, 0.2) is 22.7 Å². The predicted molar refractivity (Wildman–Crippen MR) is 74.4 cm³/mol. The van der Waals surface area contributed by atoms with Crippen molar-refractivity contribution in [3.05, 3.63) is 28.5 Å². The molecule has 6 N–H and O–H groups in total. The Bertz CT molecular complexity index is 660. The highest BCUT2D eigenvalue weighted by molar-refractivity contribution is 9.10. The molecular weight excluding hydrogens is 348 g/mol. The molecule has 0 radical (unpaired) electrons. The van der Waals surface area contributed by atoms with Crippen LogP contribution in [-0.2, 0) is 4.79 Å². The number of hydrogen-bond donors (Lipinski definition) is 6. The van der Waals surface area contributed by atoms with Gasteiger partial charge in [0.25, 0.3) is 0 Å². The van der Waals surface area contributed by atoms with E-state index in [1.807, 2.05) is 0 Å². The summed E-state index contributed by atoms with van der Waals surface area (Å²) in [6.07, 6.45) is -7.87. The van der Waals surface area contributed by atoms with Crippen LogP contribution >= 0.6 is 15.9 Å². The number of nitrogens with zero attached hydrogens (tertiary/aromatic N) is 1. The molecule has 1 heterocycles. The van der Waals surface area contributed by atoms with Crippen LogP contribution in [0.1, 0.15) is 11.9 Å². The number of H-pyrrole nitrogens is 1. The molecule has 1 aromatic carbocycles. The number of aromatic amines is 1. The van der Waals surface area contributed by atoms with E-state index in [0.717, 1.165) is 4.47 Å². The molecule has 0 bridgehead atoms. The summed E-state index contributed by atoms with van der Waals surface area (Å²) in [6.45, 7) is 0. The lowest BCUT2D eigenvalue weighted by molar-refractivity contribution is -0.163. The van der Waals surface area contributed by atoms with E-state index >= 15 is 0 Å². The van der Waals surface area contributed by atoms with Crippen LogP contribution < -0.4 is 0 Å². The molecule has 0 amide bonds. The molecule has 0 aliphatic heterocycles. The molecule has 8 nitrogen and oxygen atoms in total. The summed E-state index contributed by atoms with van der Waals surface area (Å²) in [5.74, 6) is -1.76. The molecule has 9 heteroatoms. The van der Waals surface area contributed by atoms with Crippen molar-refractivity contribution in [2.24, 2.45) is 0 Å². The zero-order chi connectivity index (χ0) is 15.7. The lowest BCUT2D eigenvalue weighted by atomic mass is 10.0. The van der Waals surface area contributed by atoms with E-state index in [1.165, 1.54) is 0 Å². The topological polar surface area (TPSA) is 147 Å². The first-order valence-electron chi connectivity index (χ1n) is 5.91. The number of aliphatic hydroxyl groups excluding tert-OH is 4. The minimum Gasteiger partial charge on any atom is -0.479 e. The van der Waals surface area contributed by atoms with E-state index < -0.39 is 30.4 Å². The average Bonchev–Trinajstić information content (AvgIpc) is 2.86. The SMILES string of the molecule is O=C(O)C(O)[C@H](O)[C@H](O)C(O)c1nc2cc(Br)ccc2[nH]1. The summed E-state index contributed by atoms with van der Waals surface area (Å²) in [7, 11) is 0. The highest BCUT2D eigenvalue weighted by Crippen LogP contribution is 2.23. The van der Waals surface area contributed by atoms with Gasteiger partial charge in [-0.1, -0.05) is 15.9 Å². The van der Waals surface area contributed by atoms with E-state index in [1.54, 1.807) is 18.2 Å². The number of rotatable bonds is 5. The fraction of sp³-hybridized carbons (Fsp3) is 0.333. The van der Waals surface area contributed by atoms with Crippen molar-refractivity contribution >= 4 is 32.9 Å². The molecular formula is C12H13BrN2O6. The molecule has 0 spiro atoms. The molecule has 2 rings (SSSR count). The van der Waals surface area contributed by atoms with Gasteiger partial charge in [-0.2, -0.15) is 0 Å². The summed E-state index contributed by atoms with van der Waals surface area (Å²) >= 11 is 3.26. The zero-order valence-corrected chi connectivity index (χ0v) is 12.1. The summed E-state index contributed by atoms with van der Waals surface area (Å²) in [5, 5.41) is 47.0. The van der Waals surface area contributed by atoms with Crippen molar-refractivity contribution in [2.75, 3.05) is 0 Å². The Morgan fingerprint density at radius 2 is 1.86 bits per heavy atom. The Balaban J connectivity index is 2.24. The summed E-state index contributed by atoms with van der Waals surface area (Å²) < 4.78 is 0.768. The number of halogens is 1. The Labute approximate surface area is 126 Å². The third kappa shape index (κ3) is 3.22. The van der Waals surface area contributed by atoms with Gasteiger partial charge in [0, 0.05) is 4.47 Å². The lowest BCUT2D eigenvalue weighted by Crippen LogP contribution is -2.45. The maximum atomic E-state index is 10.6. The average molecular weight is 361 g/mol. The molecule has 0 saturated carbocycles. The molecule has 21 heavy (non-hydrogen) atoms.